The fourth-order valence-electron chi connectivity index (χ4n) is 6.03. The first-order valence-electron chi connectivity index (χ1n) is 15.0. The van der Waals surface area contributed by atoms with Crippen molar-refractivity contribution in [2.45, 2.75) is 63.8 Å². The molecule has 1 spiro atoms. The maximum atomic E-state index is 13.8. The van der Waals surface area contributed by atoms with Gasteiger partial charge in [-0.15, -0.1) is 0 Å². The fourth-order valence-corrected chi connectivity index (χ4v) is 6.03. The maximum absolute atomic E-state index is 13.8. The molecule has 3 aliphatic heterocycles. The highest BCUT2D eigenvalue weighted by Gasteiger charge is 2.47. The Morgan fingerprint density at radius 3 is 2.67 bits per heavy atom. The molecule has 0 radical (unpaired) electrons. The van der Waals surface area contributed by atoms with Crippen molar-refractivity contribution in [1.82, 2.24) is 14.8 Å². The number of rotatable bonds is 9. The molecule has 0 atom stereocenters. The number of likely N-dealkylation sites (tertiary alicyclic amines) is 1. The monoisotopic (exact) mass is 544 g/mol. The molecule has 1 amide bonds. The largest absolute Gasteiger partial charge is 0.478 e. The van der Waals surface area contributed by atoms with Crippen molar-refractivity contribution in [3.8, 4) is 5.88 Å². The number of hydrogen-bond donors (Lipinski definition) is 0. The lowest BCUT2D eigenvalue weighted by atomic mass is 9.71. The normalized spacial score (nSPS) is 23.6. The molecule has 7 heteroatoms. The highest BCUT2D eigenvalue weighted by molar-refractivity contribution is 5.89. The van der Waals surface area contributed by atoms with Crippen molar-refractivity contribution < 1.29 is 14.3 Å². The highest BCUT2D eigenvalue weighted by atomic mass is 16.5. The molecule has 1 aromatic rings. The number of amides is 1. The predicted molar refractivity (Wildman–Crippen MR) is 160 cm³/mol. The van der Waals surface area contributed by atoms with Crippen molar-refractivity contribution in [1.29, 1.82) is 0 Å². The fraction of sp³-hybridized carbons (Fsp3) is 0.545. The topological polar surface area (TPSA) is 67.3 Å². The van der Waals surface area contributed by atoms with E-state index in [-0.39, 0.29) is 5.91 Å². The van der Waals surface area contributed by atoms with Crippen LogP contribution in [0, 0.1) is 5.41 Å². The quantitative estimate of drug-likeness (QED) is 0.230. The summed E-state index contributed by atoms with van der Waals surface area (Å²) in [7, 11) is 0. The number of aromatic nitrogens is 1. The lowest BCUT2D eigenvalue weighted by Crippen LogP contribution is -2.49. The van der Waals surface area contributed by atoms with Crippen molar-refractivity contribution >= 4 is 17.7 Å². The zero-order valence-corrected chi connectivity index (χ0v) is 23.9. The number of nitrogens with zero attached hydrogens (tertiary/aromatic N) is 4. The lowest BCUT2D eigenvalue weighted by molar-refractivity contribution is -0.144. The molecule has 5 rings (SSSR count). The molecule has 0 unspecified atom stereocenters. The first kappa shape index (κ1) is 28.5. The molecule has 2 saturated heterocycles. The van der Waals surface area contributed by atoms with Gasteiger partial charge in [-0.3, -0.25) is 9.79 Å². The maximum Gasteiger partial charge on any atom is 0.233 e. The molecule has 3 fully saturated rings. The Hall–Kier alpha value is -3.03. The van der Waals surface area contributed by atoms with Crippen LogP contribution in [0.1, 0.15) is 63.4 Å². The van der Waals surface area contributed by atoms with E-state index < -0.39 is 5.41 Å². The highest BCUT2D eigenvalue weighted by Crippen LogP contribution is 2.44. The molecule has 7 nitrogen and oxygen atoms in total. The molecule has 0 bridgehead atoms. The van der Waals surface area contributed by atoms with Crippen molar-refractivity contribution in [2.24, 2.45) is 10.4 Å². The Balaban J connectivity index is 1.24. The smallest absolute Gasteiger partial charge is 0.233 e. The van der Waals surface area contributed by atoms with Gasteiger partial charge in [0.2, 0.25) is 11.8 Å². The molecule has 0 aromatic carbocycles. The van der Waals surface area contributed by atoms with Gasteiger partial charge in [-0.25, -0.2) is 4.98 Å². The van der Waals surface area contributed by atoms with Gasteiger partial charge in [0.25, 0.3) is 0 Å². The van der Waals surface area contributed by atoms with E-state index >= 15 is 0 Å². The number of pyridine rings is 1. The minimum absolute atomic E-state index is 0.207. The third kappa shape index (κ3) is 6.99. The Bertz CT molecular complexity index is 1140. The molecule has 4 heterocycles. The van der Waals surface area contributed by atoms with E-state index in [0.29, 0.717) is 57.5 Å². The van der Waals surface area contributed by atoms with Gasteiger partial charge in [-0.2, -0.15) is 0 Å². The first-order chi connectivity index (χ1) is 19.6. The average molecular weight is 545 g/mol. The summed E-state index contributed by atoms with van der Waals surface area (Å²) in [5.74, 6) is 0.853. The van der Waals surface area contributed by atoms with Gasteiger partial charge in [0.05, 0.1) is 18.6 Å². The zero-order chi connectivity index (χ0) is 27.8. The third-order valence-corrected chi connectivity index (χ3v) is 8.67. The summed E-state index contributed by atoms with van der Waals surface area (Å²) < 4.78 is 11.5. The third-order valence-electron chi connectivity index (χ3n) is 8.67. The summed E-state index contributed by atoms with van der Waals surface area (Å²) in [6.07, 6.45) is 18.7. The van der Waals surface area contributed by atoms with Crippen LogP contribution in [0.15, 0.2) is 66.0 Å². The summed E-state index contributed by atoms with van der Waals surface area (Å²) in [6.45, 7) is 14.4. The van der Waals surface area contributed by atoms with Crippen LogP contribution >= 0.6 is 0 Å². The van der Waals surface area contributed by atoms with Crippen molar-refractivity contribution in [3.05, 3.63) is 66.5 Å². The molecule has 214 valence electrons. The van der Waals surface area contributed by atoms with Crippen molar-refractivity contribution in [3.63, 3.8) is 0 Å². The average Bonchev–Trinajstić information content (AvgIpc) is 3.83. The number of allylic oxidation sites excluding steroid dienone is 5. The molecular weight excluding hydrogens is 500 g/mol. The van der Waals surface area contributed by atoms with E-state index in [1.807, 2.05) is 47.7 Å². The van der Waals surface area contributed by atoms with Crippen LogP contribution in [0.5, 0.6) is 5.88 Å². The molecule has 1 saturated carbocycles. The minimum atomic E-state index is -0.563. The Morgan fingerprint density at radius 1 is 1.18 bits per heavy atom. The van der Waals surface area contributed by atoms with Gasteiger partial charge < -0.3 is 19.3 Å². The molecule has 40 heavy (non-hydrogen) atoms. The Kier molecular flexibility index (Phi) is 9.66. The van der Waals surface area contributed by atoms with E-state index in [0.717, 1.165) is 48.2 Å². The van der Waals surface area contributed by atoms with Gasteiger partial charge in [-0.05, 0) is 75.8 Å². The SMILES string of the molecule is C=C/C(=C\C=C1CC(=C)C2(CCOCC2)C(=O)N(C2CC2)CC=N1)c1ccc(OCCCN2CCCCC2)nc1. The van der Waals surface area contributed by atoms with Crippen molar-refractivity contribution in [2.75, 3.05) is 46.0 Å². The lowest BCUT2D eigenvalue weighted by Gasteiger charge is -2.40. The van der Waals surface area contributed by atoms with Crippen LogP contribution in [-0.4, -0.2) is 78.9 Å². The summed E-state index contributed by atoms with van der Waals surface area (Å²) >= 11 is 0. The van der Waals surface area contributed by atoms with Crippen LogP contribution in [0.3, 0.4) is 0 Å². The summed E-state index contributed by atoms with van der Waals surface area (Å²) in [5, 5.41) is 0. The summed E-state index contributed by atoms with van der Waals surface area (Å²) in [4.78, 5) is 27.7. The molecule has 1 aliphatic carbocycles. The van der Waals surface area contributed by atoms with E-state index in [2.05, 4.69) is 23.0 Å². The number of carbonyl (C=O) groups is 1. The van der Waals surface area contributed by atoms with Gasteiger partial charge >= 0.3 is 0 Å². The number of hydrogen-bond acceptors (Lipinski definition) is 6. The number of ether oxygens (including phenoxy) is 2. The van der Waals surface area contributed by atoms with Gasteiger partial charge in [-0.1, -0.05) is 37.3 Å². The second kappa shape index (κ2) is 13.6. The first-order valence-corrected chi connectivity index (χ1v) is 15.0. The second-order valence-electron chi connectivity index (χ2n) is 11.4. The number of aliphatic imine (C=N–C) groups is 1. The Labute approximate surface area is 239 Å². The van der Waals surface area contributed by atoms with Crippen LogP contribution < -0.4 is 4.74 Å². The molecular formula is C33H44N4O3. The van der Waals surface area contributed by atoms with E-state index in [4.69, 9.17) is 14.5 Å². The van der Waals surface area contributed by atoms with Crippen LogP contribution in [0.4, 0.5) is 0 Å². The number of piperidine rings is 1. The summed E-state index contributed by atoms with van der Waals surface area (Å²) in [6, 6.07) is 4.28. The van der Waals surface area contributed by atoms with Gasteiger partial charge in [0, 0.05) is 62.0 Å². The molecule has 0 N–H and O–H groups in total. The summed E-state index contributed by atoms with van der Waals surface area (Å²) in [5.41, 5.74) is 3.19. The zero-order valence-electron chi connectivity index (χ0n) is 23.9. The van der Waals surface area contributed by atoms with E-state index in [9.17, 15) is 4.79 Å². The molecule has 4 aliphatic rings. The molecule has 1 aromatic heterocycles. The second-order valence-corrected chi connectivity index (χ2v) is 11.4. The van der Waals surface area contributed by atoms with Crippen LogP contribution in [-0.2, 0) is 9.53 Å². The standard InChI is InChI=1S/C33H44N4O3/c1-3-27(28-9-13-31(35-25-28)40-21-7-19-36-17-5-4-6-18-36)8-10-29-24-26(2)33(14-22-39-23-15-33)32(38)37(20-16-34-29)30-11-12-30/h3,8-10,13,16,25,30H,1-2,4-7,11-12,14-15,17-24H2/b27-8+,29-10?,34-16?. The number of carbonyl (C=O) groups excluding carboxylic acids is 1. The van der Waals surface area contributed by atoms with E-state index in [1.165, 1.54) is 32.4 Å². The van der Waals surface area contributed by atoms with Gasteiger partial charge in [0.1, 0.15) is 0 Å². The van der Waals surface area contributed by atoms with Gasteiger partial charge in [0.15, 0.2) is 0 Å². The predicted octanol–water partition coefficient (Wildman–Crippen LogP) is 5.61. The Morgan fingerprint density at radius 2 is 1.98 bits per heavy atom. The van der Waals surface area contributed by atoms with Crippen LogP contribution in [0.25, 0.3) is 5.57 Å². The van der Waals surface area contributed by atoms with E-state index in [1.54, 1.807) is 0 Å². The minimum Gasteiger partial charge on any atom is -0.478 e. The van der Waals surface area contributed by atoms with Crippen LogP contribution in [0.2, 0.25) is 0 Å².